The SMILES string of the molecule is COC(=O)C1CCCCCCCCC1C#N. The first kappa shape index (κ1) is 13.0. The quantitative estimate of drug-likeness (QED) is 0.642. The molecule has 3 nitrogen and oxygen atoms in total. The van der Waals surface area contributed by atoms with Crippen LogP contribution in [0, 0.1) is 23.2 Å². The van der Waals surface area contributed by atoms with Gasteiger partial charge in [-0.25, -0.2) is 0 Å². The monoisotopic (exact) mass is 223 g/mol. The number of nitriles is 1. The van der Waals surface area contributed by atoms with Crippen molar-refractivity contribution in [1.82, 2.24) is 0 Å². The summed E-state index contributed by atoms with van der Waals surface area (Å²) < 4.78 is 4.80. The van der Waals surface area contributed by atoms with Crippen LogP contribution in [0.1, 0.15) is 51.4 Å². The van der Waals surface area contributed by atoms with Gasteiger partial charge in [-0.15, -0.1) is 0 Å². The Balaban J connectivity index is 2.63. The number of hydrogen-bond acceptors (Lipinski definition) is 3. The second-order valence-corrected chi connectivity index (χ2v) is 4.56. The number of rotatable bonds is 1. The molecule has 0 aromatic heterocycles. The van der Waals surface area contributed by atoms with E-state index in [1.54, 1.807) is 0 Å². The lowest BCUT2D eigenvalue weighted by molar-refractivity contribution is -0.147. The summed E-state index contributed by atoms with van der Waals surface area (Å²) in [4.78, 5) is 11.6. The van der Waals surface area contributed by atoms with E-state index < -0.39 is 0 Å². The molecule has 1 aliphatic rings. The molecule has 1 rings (SSSR count). The van der Waals surface area contributed by atoms with E-state index in [-0.39, 0.29) is 17.8 Å². The number of ether oxygens (including phenoxy) is 1. The molecule has 0 radical (unpaired) electrons. The molecule has 3 heteroatoms. The Bertz CT molecular complexity index is 257. The zero-order chi connectivity index (χ0) is 11.8. The summed E-state index contributed by atoms with van der Waals surface area (Å²) in [6.07, 6.45) is 8.63. The largest absolute Gasteiger partial charge is 0.469 e. The van der Waals surface area contributed by atoms with E-state index in [0.717, 1.165) is 25.7 Å². The Morgan fingerprint density at radius 2 is 1.69 bits per heavy atom. The maximum atomic E-state index is 11.6. The lowest BCUT2D eigenvalue weighted by atomic mass is 9.84. The molecule has 2 unspecified atom stereocenters. The van der Waals surface area contributed by atoms with Gasteiger partial charge >= 0.3 is 5.97 Å². The minimum absolute atomic E-state index is 0.148. The van der Waals surface area contributed by atoms with E-state index in [9.17, 15) is 4.79 Å². The predicted molar refractivity (Wildman–Crippen MR) is 61.5 cm³/mol. The maximum absolute atomic E-state index is 11.6. The lowest BCUT2D eigenvalue weighted by Gasteiger charge is -2.20. The van der Waals surface area contributed by atoms with Gasteiger partial charge in [0.25, 0.3) is 0 Å². The van der Waals surface area contributed by atoms with Crippen molar-refractivity contribution in [3.63, 3.8) is 0 Å². The zero-order valence-electron chi connectivity index (χ0n) is 10.1. The van der Waals surface area contributed by atoms with E-state index in [0.29, 0.717) is 0 Å². The van der Waals surface area contributed by atoms with E-state index in [2.05, 4.69) is 6.07 Å². The van der Waals surface area contributed by atoms with Crippen LogP contribution in [0.2, 0.25) is 0 Å². The van der Waals surface area contributed by atoms with Gasteiger partial charge in [0.15, 0.2) is 0 Å². The Hall–Kier alpha value is -1.04. The molecular weight excluding hydrogens is 202 g/mol. The molecule has 1 saturated carbocycles. The van der Waals surface area contributed by atoms with Crippen LogP contribution in [0.4, 0.5) is 0 Å². The third-order valence-electron chi connectivity index (χ3n) is 3.44. The van der Waals surface area contributed by atoms with Gasteiger partial charge in [-0.05, 0) is 12.8 Å². The fraction of sp³-hybridized carbons (Fsp3) is 0.846. The van der Waals surface area contributed by atoms with Crippen molar-refractivity contribution in [2.24, 2.45) is 11.8 Å². The van der Waals surface area contributed by atoms with E-state index in [4.69, 9.17) is 10.00 Å². The number of nitrogens with zero attached hydrogens (tertiary/aromatic N) is 1. The summed E-state index contributed by atoms with van der Waals surface area (Å²) in [5.41, 5.74) is 0. The summed E-state index contributed by atoms with van der Waals surface area (Å²) in [6.45, 7) is 0. The third-order valence-corrected chi connectivity index (χ3v) is 3.44. The molecule has 0 bridgehead atoms. The van der Waals surface area contributed by atoms with E-state index >= 15 is 0 Å². The Labute approximate surface area is 97.8 Å². The van der Waals surface area contributed by atoms with Gasteiger partial charge in [-0.1, -0.05) is 38.5 Å². The van der Waals surface area contributed by atoms with Crippen LogP contribution in [0.3, 0.4) is 0 Å². The second kappa shape index (κ2) is 7.27. The van der Waals surface area contributed by atoms with Crippen molar-refractivity contribution in [2.45, 2.75) is 51.4 Å². The van der Waals surface area contributed by atoms with Gasteiger partial charge in [0, 0.05) is 0 Å². The first-order chi connectivity index (χ1) is 7.79. The predicted octanol–water partition coefficient (Wildman–Crippen LogP) is 3.05. The summed E-state index contributed by atoms with van der Waals surface area (Å²) in [5, 5.41) is 9.13. The molecule has 1 fully saturated rings. The van der Waals surface area contributed by atoms with Gasteiger partial charge in [-0.3, -0.25) is 4.79 Å². The highest BCUT2D eigenvalue weighted by molar-refractivity contribution is 5.73. The van der Waals surface area contributed by atoms with Gasteiger partial charge < -0.3 is 4.74 Å². The maximum Gasteiger partial charge on any atom is 0.309 e. The van der Waals surface area contributed by atoms with Crippen LogP contribution in [-0.4, -0.2) is 13.1 Å². The van der Waals surface area contributed by atoms with Crippen molar-refractivity contribution in [3.05, 3.63) is 0 Å². The van der Waals surface area contributed by atoms with Crippen LogP contribution in [0.5, 0.6) is 0 Å². The van der Waals surface area contributed by atoms with Crippen LogP contribution < -0.4 is 0 Å². The average Bonchev–Trinajstić information content (AvgIpc) is 2.34. The average molecular weight is 223 g/mol. The standard InChI is InChI=1S/C13H21NO2/c1-16-13(15)12-9-7-5-3-2-4-6-8-11(12)10-14/h11-12H,2-9H2,1H3. The highest BCUT2D eigenvalue weighted by atomic mass is 16.5. The highest BCUT2D eigenvalue weighted by Crippen LogP contribution is 2.27. The van der Waals surface area contributed by atoms with Crippen molar-refractivity contribution in [1.29, 1.82) is 5.26 Å². The molecule has 2 atom stereocenters. The van der Waals surface area contributed by atoms with Crippen LogP contribution in [0.25, 0.3) is 0 Å². The summed E-state index contributed by atoms with van der Waals surface area (Å²) >= 11 is 0. The summed E-state index contributed by atoms with van der Waals surface area (Å²) in [6, 6.07) is 2.28. The Morgan fingerprint density at radius 3 is 2.25 bits per heavy atom. The van der Waals surface area contributed by atoms with Gasteiger partial charge in [-0.2, -0.15) is 5.26 Å². The van der Waals surface area contributed by atoms with Crippen molar-refractivity contribution < 1.29 is 9.53 Å². The Kier molecular flexibility index (Phi) is 5.92. The minimum Gasteiger partial charge on any atom is -0.469 e. The normalized spacial score (nSPS) is 27.8. The molecule has 1 aliphatic carbocycles. The fourth-order valence-electron chi connectivity index (χ4n) is 2.43. The van der Waals surface area contributed by atoms with Crippen LogP contribution in [-0.2, 0) is 9.53 Å². The number of carbonyl (C=O) groups is 1. The molecule has 0 aromatic rings. The zero-order valence-corrected chi connectivity index (χ0v) is 10.1. The number of hydrogen-bond donors (Lipinski definition) is 0. The molecule has 0 aliphatic heterocycles. The van der Waals surface area contributed by atoms with Gasteiger partial charge in [0.1, 0.15) is 0 Å². The molecule has 90 valence electrons. The molecule has 16 heavy (non-hydrogen) atoms. The first-order valence-electron chi connectivity index (χ1n) is 6.27. The first-order valence-corrected chi connectivity index (χ1v) is 6.27. The minimum atomic E-state index is -0.202. The van der Waals surface area contributed by atoms with E-state index in [1.165, 1.54) is 32.8 Å². The molecular formula is C13H21NO2. The van der Waals surface area contributed by atoms with Crippen molar-refractivity contribution in [3.8, 4) is 6.07 Å². The topological polar surface area (TPSA) is 50.1 Å². The summed E-state index contributed by atoms with van der Waals surface area (Å²) in [5.74, 6) is -0.550. The molecule has 0 aromatic carbocycles. The summed E-state index contributed by atoms with van der Waals surface area (Å²) in [7, 11) is 1.41. The highest BCUT2D eigenvalue weighted by Gasteiger charge is 2.28. The smallest absolute Gasteiger partial charge is 0.309 e. The molecule has 0 spiro atoms. The van der Waals surface area contributed by atoms with Crippen LogP contribution >= 0.6 is 0 Å². The molecule has 0 saturated heterocycles. The number of carbonyl (C=O) groups excluding carboxylic acids is 1. The van der Waals surface area contributed by atoms with Crippen molar-refractivity contribution >= 4 is 5.97 Å². The molecule has 0 N–H and O–H groups in total. The van der Waals surface area contributed by atoms with Crippen LogP contribution in [0.15, 0.2) is 0 Å². The number of esters is 1. The number of methoxy groups -OCH3 is 1. The van der Waals surface area contributed by atoms with Gasteiger partial charge in [0.05, 0.1) is 25.0 Å². The molecule has 0 heterocycles. The van der Waals surface area contributed by atoms with Crippen molar-refractivity contribution in [2.75, 3.05) is 7.11 Å². The third kappa shape index (κ3) is 3.84. The Morgan fingerprint density at radius 1 is 1.12 bits per heavy atom. The fourth-order valence-corrected chi connectivity index (χ4v) is 2.43. The van der Waals surface area contributed by atoms with E-state index in [1.807, 2.05) is 0 Å². The molecule has 0 amide bonds. The lowest BCUT2D eigenvalue weighted by Crippen LogP contribution is -2.24. The second-order valence-electron chi connectivity index (χ2n) is 4.56. The van der Waals surface area contributed by atoms with Gasteiger partial charge in [0.2, 0.25) is 0 Å².